The fourth-order valence-corrected chi connectivity index (χ4v) is 2.33. The van der Waals surface area contributed by atoms with E-state index in [0.717, 1.165) is 5.69 Å². The van der Waals surface area contributed by atoms with E-state index in [-0.39, 0.29) is 12.3 Å². The number of aryl methyl sites for hydroxylation is 2. The minimum absolute atomic E-state index is 0.118. The average Bonchev–Trinajstić information content (AvgIpc) is 2.98. The number of anilines is 1. The van der Waals surface area contributed by atoms with Crippen LogP contribution < -0.4 is 5.32 Å². The van der Waals surface area contributed by atoms with E-state index in [2.05, 4.69) is 15.3 Å². The van der Waals surface area contributed by atoms with Gasteiger partial charge in [-0.3, -0.25) is 14.9 Å². The first kappa shape index (κ1) is 14.2. The molecule has 1 amide bonds. The Balaban J connectivity index is 1.89. The molecule has 2 heterocycles. The summed E-state index contributed by atoms with van der Waals surface area (Å²) in [4.78, 5) is 30.4. The third-order valence-electron chi connectivity index (χ3n) is 2.53. The monoisotopic (exact) mass is 294 g/mol. The van der Waals surface area contributed by atoms with Gasteiger partial charge in [0.05, 0.1) is 12.0 Å². The maximum Gasteiger partial charge on any atom is 0.303 e. The summed E-state index contributed by atoms with van der Waals surface area (Å²) in [7, 11) is 1.79. The maximum atomic E-state index is 11.8. The maximum absolute atomic E-state index is 11.8. The second kappa shape index (κ2) is 6.29. The Morgan fingerprint density at radius 3 is 2.95 bits per heavy atom. The SMILES string of the molecule is Cn1cnc(C(=O)Nc2nc(CCCC(=O)O)cs2)c1. The van der Waals surface area contributed by atoms with Crippen molar-refractivity contribution in [1.82, 2.24) is 14.5 Å². The molecule has 20 heavy (non-hydrogen) atoms. The number of nitrogens with zero attached hydrogens (tertiary/aromatic N) is 3. The molecule has 0 aliphatic carbocycles. The normalized spacial score (nSPS) is 10.4. The molecule has 0 radical (unpaired) electrons. The summed E-state index contributed by atoms with van der Waals surface area (Å²) in [6, 6.07) is 0. The van der Waals surface area contributed by atoms with Gasteiger partial charge >= 0.3 is 5.97 Å². The fourth-order valence-electron chi connectivity index (χ4n) is 1.59. The molecule has 2 aromatic heterocycles. The molecule has 0 saturated carbocycles. The van der Waals surface area contributed by atoms with Crippen LogP contribution in [0.2, 0.25) is 0 Å². The standard InChI is InChI=1S/C12H14N4O3S/c1-16-5-9(13-7-16)11(19)15-12-14-8(6-20-12)3-2-4-10(17)18/h5-7H,2-4H2,1H3,(H,17,18)(H,14,15,19). The van der Waals surface area contributed by atoms with Crippen molar-refractivity contribution in [2.75, 3.05) is 5.32 Å². The van der Waals surface area contributed by atoms with Crippen molar-refractivity contribution < 1.29 is 14.7 Å². The predicted molar refractivity (Wildman–Crippen MR) is 73.8 cm³/mol. The average molecular weight is 294 g/mol. The highest BCUT2D eigenvalue weighted by Gasteiger charge is 2.11. The molecule has 106 valence electrons. The number of carboxylic acids is 1. The first-order valence-corrected chi connectivity index (χ1v) is 6.88. The summed E-state index contributed by atoms with van der Waals surface area (Å²) in [5.41, 5.74) is 1.11. The van der Waals surface area contributed by atoms with Gasteiger partial charge in [0, 0.05) is 25.0 Å². The predicted octanol–water partition coefficient (Wildman–Crippen LogP) is 1.54. The van der Waals surface area contributed by atoms with Crippen LogP contribution in [0.15, 0.2) is 17.9 Å². The van der Waals surface area contributed by atoms with Crippen molar-refractivity contribution in [1.29, 1.82) is 0 Å². The Kier molecular flexibility index (Phi) is 4.46. The van der Waals surface area contributed by atoms with Crippen molar-refractivity contribution in [3.8, 4) is 0 Å². The van der Waals surface area contributed by atoms with Gasteiger partial charge in [-0.2, -0.15) is 0 Å². The van der Waals surface area contributed by atoms with Crippen LogP contribution in [0, 0.1) is 0 Å². The van der Waals surface area contributed by atoms with Crippen molar-refractivity contribution in [2.24, 2.45) is 7.05 Å². The van der Waals surface area contributed by atoms with E-state index in [0.29, 0.717) is 23.7 Å². The van der Waals surface area contributed by atoms with Crippen LogP contribution in [0.1, 0.15) is 29.0 Å². The molecule has 0 aliphatic heterocycles. The van der Waals surface area contributed by atoms with E-state index in [9.17, 15) is 9.59 Å². The van der Waals surface area contributed by atoms with E-state index >= 15 is 0 Å². The number of carboxylic acid groups (broad SMARTS) is 1. The Bertz CT molecular complexity index is 620. The van der Waals surface area contributed by atoms with E-state index in [4.69, 9.17) is 5.11 Å². The van der Waals surface area contributed by atoms with E-state index in [1.165, 1.54) is 11.3 Å². The second-order valence-corrected chi connectivity index (χ2v) is 5.13. The highest BCUT2D eigenvalue weighted by molar-refractivity contribution is 7.13. The second-order valence-electron chi connectivity index (χ2n) is 4.27. The fraction of sp³-hybridized carbons (Fsp3) is 0.333. The highest BCUT2D eigenvalue weighted by atomic mass is 32.1. The van der Waals surface area contributed by atoms with Crippen molar-refractivity contribution in [3.63, 3.8) is 0 Å². The molecule has 8 heteroatoms. The molecule has 2 rings (SSSR count). The van der Waals surface area contributed by atoms with Gasteiger partial charge in [-0.05, 0) is 12.8 Å². The molecular formula is C12H14N4O3S. The molecule has 0 unspecified atom stereocenters. The van der Waals surface area contributed by atoms with E-state index < -0.39 is 5.97 Å². The van der Waals surface area contributed by atoms with Crippen LogP contribution in [0.25, 0.3) is 0 Å². The zero-order valence-corrected chi connectivity index (χ0v) is 11.7. The van der Waals surface area contributed by atoms with Gasteiger partial charge in [0.1, 0.15) is 5.69 Å². The summed E-state index contributed by atoms with van der Waals surface area (Å²) >= 11 is 1.31. The molecule has 2 N–H and O–H groups in total. The lowest BCUT2D eigenvalue weighted by Gasteiger charge is -1.97. The molecule has 0 spiro atoms. The van der Waals surface area contributed by atoms with Crippen LogP contribution in [-0.2, 0) is 18.3 Å². The number of nitrogens with one attached hydrogen (secondary N) is 1. The number of aliphatic carboxylic acids is 1. The molecule has 7 nitrogen and oxygen atoms in total. The quantitative estimate of drug-likeness (QED) is 0.842. The molecular weight excluding hydrogens is 280 g/mol. The molecule has 0 saturated heterocycles. The lowest BCUT2D eigenvalue weighted by atomic mass is 10.2. The molecule has 2 aromatic rings. The Hall–Kier alpha value is -2.22. The first-order chi connectivity index (χ1) is 9.54. The smallest absolute Gasteiger partial charge is 0.303 e. The number of thiazole rings is 1. The van der Waals surface area contributed by atoms with Gasteiger partial charge in [0.25, 0.3) is 5.91 Å². The number of carbonyl (C=O) groups is 2. The number of rotatable bonds is 6. The number of amides is 1. The summed E-state index contributed by atoms with van der Waals surface area (Å²) in [6.45, 7) is 0. The van der Waals surface area contributed by atoms with Crippen LogP contribution in [0.4, 0.5) is 5.13 Å². The van der Waals surface area contributed by atoms with Crippen LogP contribution in [0.3, 0.4) is 0 Å². The summed E-state index contributed by atoms with van der Waals surface area (Å²) < 4.78 is 1.69. The number of hydrogen-bond acceptors (Lipinski definition) is 5. The van der Waals surface area contributed by atoms with Crippen molar-refractivity contribution in [2.45, 2.75) is 19.3 Å². The van der Waals surface area contributed by atoms with Gasteiger partial charge in [0.2, 0.25) is 0 Å². The van der Waals surface area contributed by atoms with Gasteiger partial charge in [-0.25, -0.2) is 9.97 Å². The van der Waals surface area contributed by atoms with E-state index in [1.54, 1.807) is 24.1 Å². The number of imidazole rings is 1. The lowest BCUT2D eigenvalue weighted by Crippen LogP contribution is -2.12. The van der Waals surface area contributed by atoms with Crippen molar-refractivity contribution in [3.05, 3.63) is 29.3 Å². The third-order valence-corrected chi connectivity index (χ3v) is 3.34. The van der Waals surface area contributed by atoms with Gasteiger partial charge in [-0.1, -0.05) is 0 Å². The number of hydrogen-bond donors (Lipinski definition) is 2. The highest BCUT2D eigenvalue weighted by Crippen LogP contribution is 2.17. The minimum Gasteiger partial charge on any atom is -0.481 e. The summed E-state index contributed by atoms with van der Waals surface area (Å²) in [5.74, 6) is -1.12. The Morgan fingerprint density at radius 2 is 2.30 bits per heavy atom. The molecule has 0 bridgehead atoms. The zero-order valence-electron chi connectivity index (χ0n) is 10.9. The molecule has 0 aliphatic rings. The summed E-state index contributed by atoms with van der Waals surface area (Å²) in [5, 5.41) is 13.5. The van der Waals surface area contributed by atoms with Gasteiger partial charge in [0.15, 0.2) is 5.13 Å². The van der Waals surface area contributed by atoms with Gasteiger partial charge < -0.3 is 9.67 Å². The molecule has 0 atom stereocenters. The molecule has 0 aromatic carbocycles. The zero-order chi connectivity index (χ0) is 14.5. The molecule has 0 fully saturated rings. The van der Waals surface area contributed by atoms with Crippen LogP contribution in [0.5, 0.6) is 0 Å². The Labute approximate surface area is 119 Å². The van der Waals surface area contributed by atoms with Crippen LogP contribution in [-0.4, -0.2) is 31.5 Å². The third kappa shape index (κ3) is 3.89. The summed E-state index contributed by atoms with van der Waals surface area (Å²) in [6.07, 6.45) is 4.41. The van der Waals surface area contributed by atoms with Crippen LogP contribution >= 0.6 is 11.3 Å². The largest absolute Gasteiger partial charge is 0.481 e. The van der Waals surface area contributed by atoms with Gasteiger partial charge in [-0.15, -0.1) is 11.3 Å². The van der Waals surface area contributed by atoms with Crippen molar-refractivity contribution >= 4 is 28.3 Å². The lowest BCUT2D eigenvalue weighted by molar-refractivity contribution is -0.137. The Morgan fingerprint density at radius 1 is 1.50 bits per heavy atom. The number of aromatic nitrogens is 3. The topological polar surface area (TPSA) is 97.1 Å². The van der Waals surface area contributed by atoms with E-state index in [1.807, 2.05) is 5.38 Å². The minimum atomic E-state index is -0.816. The first-order valence-electron chi connectivity index (χ1n) is 6.00. The number of carbonyl (C=O) groups excluding carboxylic acids is 1.